The second kappa shape index (κ2) is 4.75. The Morgan fingerprint density at radius 2 is 2.18 bits per heavy atom. The molecule has 0 amide bonds. The Hall–Kier alpha value is -0.930. The van der Waals surface area contributed by atoms with Gasteiger partial charge in [-0.2, -0.15) is 0 Å². The van der Waals surface area contributed by atoms with Crippen LogP contribution in [0.1, 0.15) is 45.3 Å². The van der Waals surface area contributed by atoms with Crippen LogP contribution in [-0.4, -0.2) is 28.0 Å². The molecule has 1 aliphatic heterocycles. The van der Waals surface area contributed by atoms with Crippen molar-refractivity contribution in [2.45, 2.75) is 51.2 Å². The van der Waals surface area contributed by atoms with Crippen molar-refractivity contribution in [2.75, 3.05) is 6.54 Å². The van der Waals surface area contributed by atoms with Gasteiger partial charge in [-0.15, -0.1) is 0 Å². The second-order valence-electron chi connectivity index (χ2n) is 5.67. The van der Waals surface area contributed by atoms with Crippen molar-refractivity contribution < 1.29 is 0 Å². The molecule has 1 aromatic rings. The van der Waals surface area contributed by atoms with Gasteiger partial charge >= 0.3 is 0 Å². The van der Waals surface area contributed by atoms with E-state index in [1.54, 1.807) is 0 Å². The number of likely N-dealkylation sites (tertiary alicyclic amines) is 1. The molecule has 17 heavy (non-hydrogen) atoms. The lowest BCUT2D eigenvalue weighted by Gasteiger charge is -2.40. The largest absolute Gasteiger partial charge is 0.326 e. The zero-order chi connectivity index (χ0) is 12.5. The van der Waals surface area contributed by atoms with Gasteiger partial charge in [-0.3, -0.25) is 9.88 Å². The standard InChI is InChI=1S/C14H23N3/c1-11(15)13(12-7-4-5-9-16-12)17-10-6-8-14(17,2)3/h4-5,7,9,11,13H,6,8,10,15H2,1-3H3. The van der Waals surface area contributed by atoms with Crippen molar-refractivity contribution in [1.82, 2.24) is 9.88 Å². The molecule has 1 aromatic heterocycles. The first-order chi connectivity index (χ1) is 8.02. The van der Waals surface area contributed by atoms with E-state index >= 15 is 0 Å². The number of nitrogens with two attached hydrogens (primary N) is 1. The maximum absolute atomic E-state index is 6.19. The molecule has 0 aliphatic carbocycles. The van der Waals surface area contributed by atoms with Crippen molar-refractivity contribution in [3.05, 3.63) is 30.1 Å². The van der Waals surface area contributed by atoms with E-state index in [0.717, 1.165) is 12.2 Å². The molecule has 0 aromatic carbocycles. The van der Waals surface area contributed by atoms with Crippen LogP contribution >= 0.6 is 0 Å². The Labute approximate surface area is 104 Å². The number of pyridine rings is 1. The highest BCUT2D eigenvalue weighted by Crippen LogP contribution is 2.36. The quantitative estimate of drug-likeness (QED) is 0.871. The molecule has 2 atom stereocenters. The minimum absolute atomic E-state index is 0.0993. The fourth-order valence-electron chi connectivity index (χ4n) is 2.91. The molecule has 2 unspecified atom stereocenters. The predicted molar refractivity (Wildman–Crippen MR) is 70.6 cm³/mol. The first-order valence-corrected chi connectivity index (χ1v) is 6.45. The molecule has 0 saturated carbocycles. The summed E-state index contributed by atoms with van der Waals surface area (Å²) < 4.78 is 0. The Bertz CT molecular complexity index is 359. The van der Waals surface area contributed by atoms with Gasteiger partial charge in [0, 0.05) is 17.8 Å². The van der Waals surface area contributed by atoms with E-state index in [1.165, 1.54) is 12.8 Å². The monoisotopic (exact) mass is 233 g/mol. The summed E-state index contributed by atoms with van der Waals surface area (Å²) in [6.07, 6.45) is 4.35. The average Bonchev–Trinajstić information content (AvgIpc) is 2.60. The van der Waals surface area contributed by atoms with Gasteiger partial charge in [-0.05, 0) is 52.3 Å². The van der Waals surface area contributed by atoms with Gasteiger partial charge in [0.2, 0.25) is 0 Å². The fourth-order valence-corrected chi connectivity index (χ4v) is 2.91. The minimum atomic E-state index is 0.0993. The first-order valence-electron chi connectivity index (χ1n) is 6.45. The van der Waals surface area contributed by atoms with Gasteiger partial charge in [0.25, 0.3) is 0 Å². The summed E-state index contributed by atoms with van der Waals surface area (Å²) in [6, 6.07) is 6.41. The lowest BCUT2D eigenvalue weighted by atomic mass is 9.96. The van der Waals surface area contributed by atoms with E-state index in [0.29, 0.717) is 0 Å². The summed E-state index contributed by atoms with van der Waals surface area (Å²) in [5.74, 6) is 0. The Morgan fingerprint density at radius 3 is 2.65 bits per heavy atom. The van der Waals surface area contributed by atoms with E-state index in [4.69, 9.17) is 5.73 Å². The summed E-state index contributed by atoms with van der Waals surface area (Å²) in [4.78, 5) is 7.00. The van der Waals surface area contributed by atoms with Crippen molar-refractivity contribution in [2.24, 2.45) is 5.73 Å². The lowest BCUT2D eigenvalue weighted by Crippen LogP contribution is -2.47. The van der Waals surface area contributed by atoms with Crippen LogP contribution in [-0.2, 0) is 0 Å². The van der Waals surface area contributed by atoms with E-state index < -0.39 is 0 Å². The van der Waals surface area contributed by atoms with Crippen LogP contribution in [0.5, 0.6) is 0 Å². The van der Waals surface area contributed by atoms with Gasteiger partial charge in [0.05, 0.1) is 11.7 Å². The molecular weight excluding hydrogens is 210 g/mol. The van der Waals surface area contributed by atoms with Crippen LogP contribution in [0.2, 0.25) is 0 Å². The van der Waals surface area contributed by atoms with Crippen molar-refractivity contribution in [3.8, 4) is 0 Å². The summed E-state index contributed by atoms with van der Waals surface area (Å²) in [5.41, 5.74) is 7.51. The van der Waals surface area contributed by atoms with E-state index in [9.17, 15) is 0 Å². The van der Waals surface area contributed by atoms with Gasteiger partial charge in [-0.1, -0.05) is 6.07 Å². The molecule has 94 valence electrons. The highest BCUT2D eigenvalue weighted by molar-refractivity contribution is 5.13. The molecule has 0 bridgehead atoms. The predicted octanol–water partition coefficient (Wildman–Crippen LogP) is 2.34. The molecule has 1 aliphatic rings. The SMILES string of the molecule is CC(N)C(c1ccccn1)N1CCCC1(C)C. The highest BCUT2D eigenvalue weighted by atomic mass is 15.3. The molecule has 0 radical (unpaired) electrons. The van der Waals surface area contributed by atoms with Crippen LogP contribution in [0, 0.1) is 0 Å². The van der Waals surface area contributed by atoms with Crippen LogP contribution < -0.4 is 5.73 Å². The molecule has 3 nitrogen and oxygen atoms in total. The third kappa shape index (κ3) is 2.50. The normalized spacial score (nSPS) is 23.5. The third-order valence-electron chi connectivity index (χ3n) is 3.79. The van der Waals surface area contributed by atoms with Crippen LogP contribution in [0.15, 0.2) is 24.4 Å². The molecule has 2 N–H and O–H groups in total. The molecule has 0 spiro atoms. The highest BCUT2D eigenvalue weighted by Gasteiger charge is 2.39. The molecular formula is C14H23N3. The van der Waals surface area contributed by atoms with E-state index in [1.807, 2.05) is 18.3 Å². The van der Waals surface area contributed by atoms with Gasteiger partial charge < -0.3 is 5.73 Å². The summed E-state index contributed by atoms with van der Waals surface area (Å²) in [6.45, 7) is 7.81. The Kier molecular flexibility index (Phi) is 3.50. The van der Waals surface area contributed by atoms with Gasteiger partial charge in [0.15, 0.2) is 0 Å². The van der Waals surface area contributed by atoms with E-state index in [2.05, 4.69) is 36.7 Å². The van der Waals surface area contributed by atoms with Gasteiger partial charge in [0.1, 0.15) is 0 Å². The average molecular weight is 233 g/mol. The molecule has 1 fully saturated rings. The molecule has 2 heterocycles. The molecule has 1 saturated heterocycles. The fraction of sp³-hybridized carbons (Fsp3) is 0.643. The third-order valence-corrected chi connectivity index (χ3v) is 3.79. The number of nitrogens with zero attached hydrogens (tertiary/aromatic N) is 2. The number of rotatable bonds is 3. The van der Waals surface area contributed by atoms with Crippen molar-refractivity contribution in [1.29, 1.82) is 0 Å². The molecule has 3 heteroatoms. The number of aromatic nitrogens is 1. The summed E-state index contributed by atoms with van der Waals surface area (Å²) in [5, 5.41) is 0. The van der Waals surface area contributed by atoms with Crippen molar-refractivity contribution in [3.63, 3.8) is 0 Å². The van der Waals surface area contributed by atoms with Crippen LogP contribution in [0.4, 0.5) is 0 Å². The Morgan fingerprint density at radius 1 is 1.41 bits per heavy atom. The summed E-state index contributed by atoms with van der Waals surface area (Å²) in [7, 11) is 0. The smallest absolute Gasteiger partial charge is 0.0675 e. The molecule has 2 rings (SSSR count). The van der Waals surface area contributed by atoms with Gasteiger partial charge in [-0.25, -0.2) is 0 Å². The van der Waals surface area contributed by atoms with Crippen molar-refractivity contribution >= 4 is 0 Å². The topological polar surface area (TPSA) is 42.1 Å². The Balaban J connectivity index is 2.30. The zero-order valence-electron chi connectivity index (χ0n) is 11.1. The van der Waals surface area contributed by atoms with Crippen LogP contribution in [0.3, 0.4) is 0 Å². The maximum Gasteiger partial charge on any atom is 0.0675 e. The number of hydrogen-bond donors (Lipinski definition) is 1. The number of hydrogen-bond acceptors (Lipinski definition) is 3. The zero-order valence-corrected chi connectivity index (χ0v) is 11.1. The van der Waals surface area contributed by atoms with Crippen LogP contribution in [0.25, 0.3) is 0 Å². The minimum Gasteiger partial charge on any atom is -0.326 e. The van der Waals surface area contributed by atoms with E-state index in [-0.39, 0.29) is 17.6 Å². The summed E-state index contributed by atoms with van der Waals surface area (Å²) >= 11 is 0. The second-order valence-corrected chi connectivity index (χ2v) is 5.67. The maximum atomic E-state index is 6.19. The first kappa shape index (κ1) is 12.5. The lowest BCUT2D eigenvalue weighted by molar-refractivity contribution is 0.0986.